The molecule has 0 saturated heterocycles. The lowest BCUT2D eigenvalue weighted by Crippen LogP contribution is -2.36. The molecule has 0 unspecified atom stereocenters. The maximum atomic E-state index is 10.7. The largest absolute Gasteiger partial charge is 0.477 e. The average molecular weight is 360 g/mol. The lowest BCUT2D eigenvalue weighted by molar-refractivity contribution is -0.685. The Morgan fingerprint density at radius 1 is 0.962 bits per heavy atom. The van der Waals surface area contributed by atoms with E-state index in [1.165, 1.54) is 0 Å². The molecule has 0 amide bonds. The van der Waals surface area contributed by atoms with Crippen molar-refractivity contribution < 1.29 is 33.4 Å². The van der Waals surface area contributed by atoms with Crippen LogP contribution in [-0.2, 0) is 20.8 Å². The second-order valence-corrected chi connectivity index (χ2v) is 5.34. The van der Waals surface area contributed by atoms with E-state index < -0.39 is 5.97 Å². The van der Waals surface area contributed by atoms with E-state index in [1.807, 2.05) is 36.4 Å². The van der Waals surface area contributed by atoms with Gasteiger partial charge in [-0.2, -0.15) is 4.57 Å². The third-order valence-corrected chi connectivity index (χ3v) is 3.34. The van der Waals surface area contributed by atoms with Crippen LogP contribution in [0.15, 0.2) is 42.7 Å². The number of ether oxygens (including phenoxy) is 4. The smallest absolute Gasteiger partial charge is 0.370 e. The molecular formula is C19H22NO6+. The van der Waals surface area contributed by atoms with Crippen molar-refractivity contribution in [2.24, 2.45) is 0 Å². The van der Waals surface area contributed by atoms with E-state index in [4.69, 9.17) is 24.1 Å². The van der Waals surface area contributed by atoms with E-state index in [9.17, 15) is 4.79 Å². The number of carboxylic acids is 1. The fourth-order valence-electron chi connectivity index (χ4n) is 2.14. The Hall–Kier alpha value is -2.90. The molecule has 138 valence electrons. The highest BCUT2D eigenvalue weighted by Crippen LogP contribution is 2.29. The summed E-state index contributed by atoms with van der Waals surface area (Å²) in [6, 6.07) is 9.23. The number of pyridine rings is 1. The molecular weight excluding hydrogens is 338 g/mol. The Labute approximate surface area is 152 Å². The normalized spacial score (nSPS) is 10.8. The van der Waals surface area contributed by atoms with Crippen LogP contribution < -0.4 is 14.0 Å². The van der Waals surface area contributed by atoms with Crippen LogP contribution in [0.25, 0.3) is 12.2 Å². The second-order valence-electron chi connectivity index (χ2n) is 5.34. The second kappa shape index (κ2) is 10.2. The van der Waals surface area contributed by atoms with Crippen molar-refractivity contribution in [1.29, 1.82) is 0 Å². The maximum Gasteiger partial charge on any atom is 0.370 e. The summed E-state index contributed by atoms with van der Waals surface area (Å²) in [6.45, 7) is 0.171. The minimum Gasteiger partial charge on any atom is -0.477 e. The van der Waals surface area contributed by atoms with Crippen molar-refractivity contribution in [1.82, 2.24) is 0 Å². The molecule has 1 N–H and O–H groups in total. The topological polar surface area (TPSA) is 78.1 Å². The van der Waals surface area contributed by atoms with Crippen molar-refractivity contribution >= 4 is 18.1 Å². The molecule has 0 radical (unpaired) electrons. The lowest BCUT2D eigenvalue weighted by atomic mass is 10.1. The molecule has 0 fully saturated rings. The predicted octanol–water partition coefficient (Wildman–Crippen LogP) is 2.19. The molecule has 26 heavy (non-hydrogen) atoms. The highest BCUT2D eigenvalue weighted by Gasteiger charge is 2.07. The van der Waals surface area contributed by atoms with E-state index in [2.05, 4.69) is 0 Å². The van der Waals surface area contributed by atoms with Crippen molar-refractivity contribution in [3.8, 4) is 11.5 Å². The summed E-state index contributed by atoms with van der Waals surface area (Å²) in [5, 5.41) is 8.78. The van der Waals surface area contributed by atoms with Gasteiger partial charge in [0.2, 0.25) is 6.54 Å². The molecule has 0 bridgehead atoms. The van der Waals surface area contributed by atoms with Gasteiger partial charge >= 0.3 is 5.97 Å². The van der Waals surface area contributed by atoms with Crippen LogP contribution in [0, 0.1) is 0 Å². The van der Waals surface area contributed by atoms with Gasteiger partial charge in [0.25, 0.3) is 0 Å². The highest BCUT2D eigenvalue weighted by molar-refractivity contribution is 5.70. The molecule has 0 aliphatic rings. The van der Waals surface area contributed by atoms with E-state index in [-0.39, 0.29) is 20.1 Å². The zero-order valence-corrected chi connectivity index (χ0v) is 14.8. The molecule has 2 rings (SSSR count). The van der Waals surface area contributed by atoms with Crippen LogP contribution in [0.1, 0.15) is 11.1 Å². The first kappa shape index (κ1) is 19.4. The molecule has 1 heterocycles. The minimum atomic E-state index is -0.877. The number of rotatable bonds is 10. The fourth-order valence-corrected chi connectivity index (χ4v) is 2.14. The Kier molecular flexibility index (Phi) is 7.60. The van der Waals surface area contributed by atoms with Crippen molar-refractivity contribution in [3.05, 3.63) is 53.9 Å². The number of aromatic nitrogens is 1. The minimum absolute atomic E-state index is 0.0624. The van der Waals surface area contributed by atoms with E-state index in [0.29, 0.717) is 11.5 Å². The van der Waals surface area contributed by atoms with Crippen LogP contribution in [-0.4, -0.2) is 38.9 Å². The van der Waals surface area contributed by atoms with Crippen molar-refractivity contribution in [3.63, 3.8) is 0 Å². The molecule has 0 spiro atoms. The van der Waals surface area contributed by atoms with E-state index >= 15 is 0 Å². The Balaban J connectivity index is 2.11. The standard InChI is InChI=1S/C19H21NO6/c1-23-13-25-17-6-5-16(11-18(17)26-14-24-2)4-3-15-7-9-20(10-8-15)12-19(21)22/h3-11H,12-14H2,1-2H3/p+1/b4-3+. The summed E-state index contributed by atoms with van der Waals surface area (Å²) < 4.78 is 22.5. The van der Waals surface area contributed by atoms with Gasteiger partial charge in [0.1, 0.15) is 0 Å². The Morgan fingerprint density at radius 2 is 1.58 bits per heavy atom. The quantitative estimate of drug-likeness (QED) is 0.517. The number of benzene rings is 1. The molecule has 7 heteroatoms. The number of methoxy groups -OCH3 is 2. The van der Waals surface area contributed by atoms with E-state index in [0.717, 1.165) is 11.1 Å². The molecule has 1 aromatic carbocycles. The Morgan fingerprint density at radius 3 is 2.19 bits per heavy atom. The summed E-state index contributed by atoms with van der Waals surface area (Å²) in [4.78, 5) is 10.7. The summed E-state index contributed by atoms with van der Waals surface area (Å²) >= 11 is 0. The zero-order valence-electron chi connectivity index (χ0n) is 14.8. The van der Waals surface area contributed by atoms with Gasteiger partial charge in [-0.3, -0.25) is 0 Å². The molecule has 0 aliphatic heterocycles. The molecule has 0 atom stereocenters. The number of aliphatic carboxylic acids is 1. The fraction of sp³-hybridized carbons (Fsp3) is 0.263. The summed E-state index contributed by atoms with van der Waals surface area (Å²) in [6.07, 6.45) is 7.30. The first-order valence-electron chi connectivity index (χ1n) is 7.89. The summed E-state index contributed by atoms with van der Waals surface area (Å²) in [7, 11) is 3.10. The molecule has 0 saturated carbocycles. The monoisotopic (exact) mass is 360 g/mol. The van der Waals surface area contributed by atoms with Gasteiger partial charge < -0.3 is 24.1 Å². The molecule has 7 nitrogen and oxygen atoms in total. The third-order valence-electron chi connectivity index (χ3n) is 3.34. The van der Waals surface area contributed by atoms with Gasteiger partial charge in [-0.25, -0.2) is 4.79 Å². The first-order chi connectivity index (χ1) is 12.6. The SMILES string of the molecule is COCOc1ccc(/C=C/c2cc[n+](CC(=O)O)cc2)cc1OCOC. The molecule has 1 aromatic heterocycles. The zero-order chi connectivity index (χ0) is 18.8. The summed E-state index contributed by atoms with van der Waals surface area (Å²) in [5.41, 5.74) is 1.87. The third kappa shape index (κ3) is 6.19. The van der Waals surface area contributed by atoms with Crippen LogP contribution in [0.3, 0.4) is 0 Å². The van der Waals surface area contributed by atoms with Crippen LogP contribution in [0.2, 0.25) is 0 Å². The highest BCUT2D eigenvalue weighted by atomic mass is 16.7. The summed E-state index contributed by atoms with van der Waals surface area (Å²) in [5.74, 6) is 0.242. The maximum absolute atomic E-state index is 10.7. The van der Waals surface area contributed by atoms with Gasteiger partial charge in [-0.15, -0.1) is 0 Å². The number of hydrogen-bond donors (Lipinski definition) is 1. The number of hydrogen-bond acceptors (Lipinski definition) is 5. The van der Waals surface area contributed by atoms with Gasteiger partial charge in [0.15, 0.2) is 37.5 Å². The van der Waals surface area contributed by atoms with Gasteiger partial charge in [-0.1, -0.05) is 18.2 Å². The van der Waals surface area contributed by atoms with Crippen molar-refractivity contribution in [2.45, 2.75) is 6.54 Å². The lowest BCUT2D eigenvalue weighted by Gasteiger charge is -2.12. The van der Waals surface area contributed by atoms with Gasteiger partial charge in [0.05, 0.1) is 0 Å². The molecule has 0 aliphatic carbocycles. The first-order valence-corrected chi connectivity index (χ1v) is 7.89. The number of carbonyl (C=O) groups is 1. The van der Waals surface area contributed by atoms with Crippen molar-refractivity contribution in [2.75, 3.05) is 27.8 Å². The van der Waals surface area contributed by atoms with Gasteiger partial charge in [0, 0.05) is 26.4 Å². The molecule has 2 aromatic rings. The van der Waals surface area contributed by atoms with E-state index in [1.54, 1.807) is 37.2 Å². The predicted molar refractivity (Wildman–Crippen MR) is 94.7 cm³/mol. The average Bonchev–Trinajstić information content (AvgIpc) is 2.64. The number of carboxylic acid groups (broad SMARTS) is 1. The Bertz CT molecular complexity index is 742. The van der Waals surface area contributed by atoms with Crippen LogP contribution in [0.4, 0.5) is 0 Å². The van der Waals surface area contributed by atoms with Gasteiger partial charge in [-0.05, 0) is 23.3 Å². The number of nitrogens with zero attached hydrogens (tertiary/aromatic N) is 1. The van der Waals surface area contributed by atoms with Crippen LogP contribution >= 0.6 is 0 Å². The van der Waals surface area contributed by atoms with Crippen LogP contribution in [0.5, 0.6) is 11.5 Å².